The molecule has 2 aromatic rings. The van der Waals surface area contributed by atoms with Crippen LogP contribution in [0.25, 0.3) is 0 Å². The second-order valence-corrected chi connectivity index (χ2v) is 6.29. The molecule has 0 atom stereocenters. The first-order valence-corrected chi connectivity index (χ1v) is 8.22. The van der Waals surface area contributed by atoms with Gasteiger partial charge >= 0.3 is 6.18 Å². The van der Waals surface area contributed by atoms with Crippen LogP contribution in [0, 0.1) is 0 Å². The molecule has 0 saturated carbocycles. The number of alkyl halides is 3. The van der Waals surface area contributed by atoms with E-state index in [-0.39, 0.29) is 15.8 Å². The van der Waals surface area contributed by atoms with Gasteiger partial charge in [0.15, 0.2) is 5.11 Å². The minimum atomic E-state index is -4.45. The summed E-state index contributed by atoms with van der Waals surface area (Å²) in [4.78, 5) is 0. The smallest absolute Gasteiger partial charge is 0.330 e. The van der Waals surface area contributed by atoms with E-state index >= 15 is 0 Å². The van der Waals surface area contributed by atoms with Gasteiger partial charge in [0.05, 0.1) is 22.0 Å². The molecule has 1 aliphatic rings. The number of halogens is 4. The van der Waals surface area contributed by atoms with Crippen molar-refractivity contribution >= 4 is 40.3 Å². The van der Waals surface area contributed by atoms with Crippen molar-refractivity contribution in [2.75, 3.05) is 5.32 Å². The monoisotopic (exact) mass is 383 g/mol. The Bertz CT molecular complexity index is 849. The van der Waals surface area contributed by atoms with Crippen molar-refractivity contribution in [2.24, 2.45) is 5.10 Å². The van der Waals surface area contributed by atoms with E-state index in [4.69, 9.17) is 23.8 Å². The van der Waals surface area contributed by atoms with Crippen molar-refractivity contribution in [2.45, 2.75) is 19.0 Å². The average molecular weight is 384 g/mol. The number of hydrazone groups is 1. The molecular weight excluding hydrogens is 371 g/mol. The van der Waals surface area contributed by atoms with Crippen molar-refractivity contribution in [1.29, 1.82) is 0 Å². The van der Waals surface area contributed by atoms with Gasteiger partial charge in [-0.3, -0.25) is 5.43 Å². The van der Waals surface area contributed by atoms with Gasteiger partial charge < -0.3 is 5.32 Å². The van der Waals surface area contributed by atoms with E-state index in [9.17, 15) is 13.2 Å². The number of fused-ring (bicyclic) bond motifs is 1. The maximum atomic E-state index is 12.8. The lowest BCUT2D eigenvalue weighted by Gasteiger charge is -2.13. The summed E-state index contributed by atoms with van der Waals surface area (Å²) >= 11 is 11.0. The third-order valence-electron chi connectivity index (χ3n) is 3.79. The number of nitrogens with zero attached hydrogens (tertiary/aromatic N) is 1. The molecule has 130 valence electrons. The second-order valence-electron chi connectivity index (χ2n) is 5.47. The Hall–Kier alpha value is -2.12. The van der Waals surface area contributed by atoms with Crippen LogP contribution in [0.2, 0.25) is 5.02 Å². The van der Waals surface area contributed by atoms with E-state index in [1.807, 2.05) is 24.3 Å². The first-order chi connectivity index (χ1) is 11.8. The van der Waals surface area contributed by atoms with Crippen LogP contribution >= 0.6 is 23.8 Å². The summed E-state index contributed by atoms with van der Waals surface area (Å²) in [5, 5.41) is 7.11. The van der Waals surface area contributed by atoms with Gasteiger partial charge in [-0.2, -0.15) is 18.3 Å². The number of nitrogens with one attached hydrogen (secondary N) is 2. The van der Waals surface area contributed by atoms with Gasteiger partial charge in [-0.15, -0.1) is 0 Å². The first kappa shape index (κ1) is 17.7. The number of benzene rings is 2. The molecular formula is C17H13ClF3N3S. The third-order valence-corrected chi connectivity index (χ3v) is 4.32. The highest BCUT2D eigenvalue weighted by molar-refractivity contribution is 7.80. The van der Waals surface area contributed by atoms with Gasteiger partial charge in [0.2, 0.25) is 0 Å². The molecule has 3 rings (SSSR count). The lowest BCUT2D eigenvalue weighted by atomic mass is 10.1. The molecule has 25 heavy (non-hydrogen) atoms. The summed E-state index contributed by atoms with van der Waals surface area (Å²) in [6, 6.07) is 10.9. The highest BCUT2D eigenvalue weighted by Gasteiger charge is 2.31. The fourth-order valence-corrected chi connectivity index (χ4v) is 2.91. The van der Waals surface area contributed by atoms with Crippen molar-refractivity contribution in [3.05, 3.63) is 64.2 Å². The highest BCUT2D eigenvalue weighted by Crippen LogP contribution is 2.33. The van der Waals surface area contributed by atoms with Crippen molar-refractivity contribution in [3.63, 3.8) is 0 Å². The molecule has 2 aromatic carbocycles. The Labute approximate surface area is 152 Å². The molecule has 0 radical (unpaired) electrons. The quantitative estimate of drug-likeness (QED) is 0.566. The molecule has 0 saturated heterocycles. The van der Waals surface area contributed by atoms with Crippen LogP contribution in [0.3, 0.4) is 0 Å². The zero-order chi connectivity index (χ0) is 18.0. The number of rotatable bonds is 2. The predicted molar refractivity (Wildman–Crippen MR) is 97.1 cm³/mol. The fraction of sp³-hybridized carbons (Fsp3) is 0.176. The van der Waals surface area contributed by atoms with Gasteiger partial charge in [-0.05, 0) is 48.8 Å². The molecule has 0 aromatic heterocycles. The maximum absolute atomic E-state index is 12.8. The van der Waals surface area contributed by atoms with E-state index < -0.39 is 11.7 Å². The van der Waals surface area contributed by atoms with Crippen LogP contribution in [-0.2, 0) is 12.6 Å². The predicted octanol–water partition coefficient (Wildman–Crippen LogP) is 5.00. The number of hydrogen-bond donors (Lipinski definition) is 2. The maximum Gasteiger partial charge on any atom is 0.416 e. The van der Waals surface area contributed by atoms with Crippen LogP contribution in [0.1, 0.15) is 23.1 Å². The lowest BCUT2D eigenvalue weighted by Crippen LogP contribution is -2.25. The summed E-state index contributed by atoms with van der Waals surface area (Å²) in [6.07, 6.45) is -2.78. The van der Waals surface area contributed by atoms with Crippen molar-refractivity contribution in [3.8, 4) is 0 Å². The molecule has 0 unspecified atom stereocenters. The van der Waals surface area contributed by atoms with Gasteiger partial charge in [0.25, 0.3) is 0 Å². The SMILES string of the molecule is FC(F)(F)c1ccc(Cl)c(NC(=S)N/N=C2/CCc3ccccc32)c1. The topological polar surface area (TPSA) is 36.4 Å². The molecule has 2 N–H and O–H groups in total. The Balaban J connectivity index is 1.71. The lowest BCUT2D eigenvalue weighted by molar-refractivity contribution is -0.137. The molecule has 3 nitrogen and oxygen atoms in total. The number of thiocarbonyl (C=S) groups is 1. The van der Waals surface area contributed by atoms with Gasteiger partial charge in [-0.25, -0.2) is 0 Å². The molecule has 1 aliphatic carbocycles. The summed E-state index contributed by atoms with van der Waals surface area (Å²) in [5.74, 6) is 0. The van der Waals surface area contributed by atoms with Crippen molar-refractivity contribution in [1.82, 2.24) is 5.43 Å². The van der Waals surface area contributed by atoms with E-state index in [0.29, 0.717) is 0 Å². The van der Waals surface area contributed by atoms with E-state index in [1.54, 1.807) is 0 Å². The highest BCUT2D eigenvalue weighted by atomic mass is 35.5. The minimum Gasteiger partial charge on any atom is -0.330 e. The normalized spacial score (nSPS) is 15.1. The molecule has 0 fully saturated rings. The first-order valence-electron chi connectivity index (χ1n) is 7.43. The zero-order valence-electron chi connectivity index (χ0n) is 12.8. The van der Waals surface area contributed by atoms with Gasteiger partial charge in [0.1, 0.15) is 0 Å². The van der Waals surface area contributed by atoms with Crippen LogP contribution in [0.4, 0.5) is 18.9 Å². The molecule has 0 spiro atoms. The number of aryl methyl sites for hydroxylation is 1. The van der Waals surface area contributed by atoms with E-state index in [0.717, 1.165) is 36.2 Å². The Morgan fingerprint density at radius 3 is 2.64 bits per heavy atom. The molecule has 0 heterocycles. The minimum absolute atomic E-state index is 0.0677. The largest absolute Gasteiger partial charge is 0.416 e. The molecule has 0 amide bonds. The Kier molecular flexibility index (Phi) is 4.96. The molecule has 8 heteroatoms. The second kappa shape index (κ2) is 7.01. The van der Waals surface area contributed by atoms with Crippen molar-refractivity contribution < 1.29 is 13.2 Å². The zero-order valence-corrected chi connectivity index (χ0v) is 14.4. The summed E-state index contributed by atoms with van der Waals surface area (Å²) in [5.41, 5.74) is 5.05. The van der Waals surface area contributed by atoms with Gasteiger partial charge in [0, 0.05) is 5.56 Å². The fourth-order valence-electron chi connectivity index (χ4n) is 2.59. The average Bonchev–Trinajstić information content (AvgIpc) is 2.97. The number of hydrogen-bond acceptors (Lipinski definition) is 2. The molecule has 0 aliphatic heterocycles. The van der Waals surface area contributed by atoms with E-state index in [1.165, 1.54) is 11.6 Å². The number of anilines is 1. The van der Waals surface area contributed by atoms with Crippen LogP contribution < -0.4 is 10.7 Å². The van der Waals surface area contributed by atoms with Crippen LogP contribution in [0.15, 0.2) is 47.6 Å². The van der Waals surface area contributed by atoms with E-state index in [2.05, 4.69) is 15.8 Å². The Morgan fingerprint density at radius 1 is 1.12 bits per heavy atom. The summed E-state index contributed by atoms with van der Waals surface area (Å²) < 4.78 is 38.4. The van der Waals surface area contributed by atoms with Gasteiger partial charge in [-0.1, -0.05) is 35.9 Å². The summed E-state index contributed by atoms with van der Waals surface area (Å²) in [6.45, 7) is 0. The van der Waals surface area contributed by atoms with Crippen LogP contribution in [-0.4, -0.2) is 10.8 Å². The summed E-state index contributed by atoms with van der Waals surface area (Å²) in [7, 11) is 0. The Morgan fingerprint density at radius 2 is 1.88 bits per heavy atom. The molecule has 0 bridgehead atoms. The van der Waals surface area contributed by atoms with Crippen LogP contribution in [0.5, 0.6) is 0 Å². The third kappa shape index (κ3) is 4.11. The standard InChI is InChI=1S/C17H13ClF3N3S/c18-13-7-6-11(17(19,20)21)9-15(13)22-16(25)24-23-14-8-5-10-3-1-2-4-12(10)14/h1-4,6-7,9H,5,8H2,(H2,22,24,25)/b23-14-.